The van der Waals surface area contributed by atoms with Gasteiger partial charge in [0.15, 0.2) is 0 Å². The van der Waals surface area contributed by atoms with Gasteiger partial charge in [0.25, 0.3) is 0 Å². The quantitative estimate of drug-likeness (QED) is 0.395. The molecule has 29 heavy (non-hydrogen) atoms. The Labute approximate surface area is 172 Å². The van der Waals surface area contributed by atoms with Crippen molar-refractivity contribution in [3.63, 3.8) is 0 Å². The Bertz CT molecular complexity index is 1020. The Morgan fingerprint density at radius 1 is 1.00 bits per heavy atom. The number of nitrogens with one attached hydrogen (secondary N) is 1. The van der Waals surface area contributed by atoms with Gasteiger partial charge in [0.1, 0.15) is 5.75 Å². The predicted molar refractivity (Wildman–Crippen MR) is 114 cm³/mol. The molecule has 3 rings (SSSR count). The van der Waals surface area contributed by atoms with Gasteiger partial charge in [0, 0.05) is 12.8 Å². The van der Waals surface area contributed by atoms with E-state index in [9.17, 15) is 14.7 Å². The Balaban J connectivity index is 1.48. The van der Waals surface area contributed by atoms with Crippen LogP contribution in [0.2, 0.25) is 0 Å². The molecule has 0 atom stereocenters. The molecule has 0 fully saturated rings. The second-order valence-corrected chi connectivity index (χ2v) is 8.13. The summed E-state index contributed by atoms with van der Waals surface area (Å²) in [6.45, 7) is 0.647. The van der Waals surface area contributed by atoms with E-state index in [0.717, 1.165) is 65.5 Å². The summed E-state index contributed by atoms with van der Waals surface area (Å²) in [5.74, 6) is 0.0554. The first-order valence-corrected chi connectivity index (χ1v) is 10.6. The first kappa shape index (κ1) is 20.9. The van der Waals surface area contributed by atoms with Crippen LogP contribution in [0, 0.1) is 0 Å². The molecular weight excluding hydrogens is 390 g/mol. The molecule has 0 radical (unpaired) electrons. The van der Waals surface area contributed by atoms with Gasteiger partial charge in [-0.15, -0.1) is 0 Å². The molecule has 0 unspecified atom stereocenters. The summed E-state index contributed by atoms with van der Waals surface area (Å²) in [6, 6.07) is 12.0. The molecule has 0 aliphatic carbocycles. The minimum Gasteiger partial charge on any atom is -0.494 e. The molecule has 3 aromatic rings. The van der Waals surface area contributed by atoms with Crippen LogP contribution in [0.5, 0.6) is 11.6 Å². The van der Waals surface area contributed by atoms with E-state index in [0.29, 0.717) is 17.9 Å². The molecule has 154 valence electrons. The second-order valence-electron chi connectivity index (χ2n) is 7.07. The number of carboxylic acids is 1. The Kier molecular flexibility index (Phi) is 7.30. The molecule has 0 bridgehead atoms. The molecule has 0 aliphatic heterocycles. The lowest BCUT2D eigenvalue weighted by Gasteiger charge is -2.08. The Morgan fingerprint density at radius 3 is 2.48 bits per heavy atom. The number of aromatic amines is 1. The van der Waals surface area contributed by atoms with Gasteiger partial charge in [-0.25, -0.2) is 0 Å². The number of thiazole rings is 1. The average Bonchev–Trinajstić information content (AvgIpc) is 3.00. The summed E-state index contributed by atoms with van der Waals surface area (Å²) in [5, 5.41) is 20.5. The summed E-state index contributed by atoms with van der Waals surface area (Å²) in [7, 11) is 0. The molecule has 1 heterocycles. The lowest BCUT2D eigenvalue weighted by molar-refractivity contribution is -0.137. The van der Waals surface area contributed by atoms with Crippen LogP contribution >= 0.6 is 11.3 Å². The highest BCUT2D eigenvalue weighted by Crippen LogP contribution is 2.25. The van der Waals surface area contributed by atoms with Crippen molar-refractivity contribution in [2.45, 2.75) is 44.9 Å². The predicted octanol–water partition coefficient (Wildman–Crippen LogP) is 4.69. The molecule has 0 aliphatic rings. The zero-order valence-corrected chi connectivity index (χ0v) is 17.0. The molecule has 1 aromatic heterocycles. The first-order chi connectivity index (χ1) is 14.0. The van der Waals surface area contributed by atoms with Crippen LogP contribution in [0.25, 0.3) is 10.8 Å². The van der Waals surface area contributed by atoms with Crippen LogP contribution < -0.4 is 9.61 Å². The van der Waals surface area contributed by atoms with E-state index in [4.69, 9.17) is 9.84 Å². The summed E-state index contributed by atoms with van der Waals surface area (Å²) >= 11 is 1.03. The van der Waals surface area contributed by atoms with Crippen molar-refractivity contribution in [3.05, 3.63) is 56.5 Å². The average molecular weight is 416 g/mol. The van der Waals surface area contributed by atoms with E-state index in [1.165, 1.54) is 0 Å². The van der Waals surface area contributed by atoms with Gasteiger partial charge in [0.05, 0.1) is 11.5 Å². The van der Waals surface area contributed by atoms with Crippen molar-refractivity contribution < 1.29 is 19.7 Å². The number of H-pyrrole nitrogens is 1. The van der Waals surface area contributed by atoms with Crippen molar-refractivity contribution >= 4 is 28.1 Å². The van der Waals surface area contributed by atoms with E-state index in [-0.39, 0.29) is 17.2 Å². The number of carboxylic acid groups (broad SMARTS) is 1. The standard InChI is InChI=1S/C22H25NO5S/c24-20(25)6-4-2-1-3-5-11-28-18-10-9-16-12-15(7-8-17(16)14-18)13-19-21(26)23-22(27)29-19/h7-10,12,14,26H,1-6,11,13H2,(H,23,27)(H,24,25). The number of hydrogen-bond acceptors (Lipinski definition) is 5. The van der Waals surface area contributed by atoms with Gasteiger partial charge in [0.2, 0.25) is 5.88 Å². The van der Waals surface area contributed by atoms with Crippen molar-refractivity contribution in [1.82, 2.24) is 4.98 Å². The summed E-state index contributed by atoms with van der Waals surface area (Å²) < 4.78 is 5.84. The van der Waals surface area contributed by atoms with Gasteiger partial charge < -0.3 is 14.9 Å². The van der Waals surface area contributed by atoms with E-state index >= 15 is 0 Å². The minimum absolute atomic E-state index is 0.0502. The third kappa shape index (κ3) is 6.35. The van der Waals surface area contributed by atoms with Crippen molar-refractivity contribution in [2.24, 2.45) is 0 Å². The molecule has 0 saturated carbocycles. The molecule has 0 spiro atoms. The number of benzene rings is 2. The SMILES string of the molecule is O=C(O)CCCCCCCOc1ccc2cc(Cc3sc(=O)[nH]c3O)ccc2c1. The number of ether oxygens (including phenoxy) is 1. The fourth-order valence-electron chi connectivity index (χ4n) is 3.23. The largest absolute Gasteiger partial charge is 0.494 e. The van der Waals surface area contributed by atoms with E-state index in [2.05, 4.69) is 11.1 Å². The highest BCUT2D eigenvalue weighted by molar-refractivity contribution is 7.09. The third-order valence-electron chi connectivity index (χ3n) is 4.74. The number of unbranched alkanes of at least 4 members (excludes halogenated alkanes) is 4. The number of aromatic nitrogens is 1. The highest BCUT2D eigenvalue weighted by atomic mass is 32.1. The number of rotatable bonds is 11. The number of hydrogen-bond donors (Lipinski definition) is 3. The third-order valence-corrected chi connectivity index (χ3v) is 5.62. The zero-order chi connectivity index (χ0) is 20.6. The minimum atomic E-state index is -0.725. The number of aromatic hydroxyl groups is 1. The smallest absolute Gasteiger partial charge is 0.307 e. The van der Waals surface area contributed by atoms with Gasteiger partial charge in [-0.3, -0.25) is 14.6 Å². The van der Waals surface area contributed by atoms with Crippen LogP contribution in [-0.4, -0.2) is 27.8 Å². The molecule has 0 amide bonds. The second kappa shape index (κ2) is 10.1. The van der Waals surface area contributed by atoms with Gasteiger partial charge >= 0.3 is 10.8 Å². The maximum Gasteiger partial charge on any atom is 0.307 e. The molecule has 6 nitrogen and oxygen atoms in total. The molecule has 0 saturated heterocycles. The van der Waals surface area contributed by atoms with Gasteiger partial charge in [-0.2, -0.15) is 0 Å². The van der Waals surface area contributed by atoms with Crippen molar-refractivity contribution in [2.75, 3.05) is 6.61 Å². The van der Waals surface area contributed by atoms with Crippen LogP contribution in [-0.2, 0) is 11.2 Å². The highest BCUT2D eigenvalue weighted by Gasteiger charge is 2.08. The van der Waals surface area contributed by atoms with Crippen LogP contribution in [0.1, 0.15) is 49.0 Å². The maximum atomic E-state index is 11.3. The van der Waals surface area contributed by atoms with Gasteiger partial charge in [-0.05, 0) is 41.3 Å². The lowest BCUT2D eigenvalue weighted by Crippen LogP contribution is -1.98. The van der Waals surface area contributed by atoms with Crippen LogP contribution in [0.3, 0.4) is 0 Å². The zero-order valence-electron chi connectivity index (χ0n) is 16.1. The summed E-state index contributed by atoms with van der Waals surface area (Å²) in [5.41, 5.74) is 1.03. The summed E-state index contributed by atoms with van der Waals surface area (Å²) in [6.07, 6.45) is 5.47. The van der Waals surface area contributed by atoms with Crippen molar-refractivity contribution in [1.29, 1.82) is 0 Å². The normalized spacial score (nSPS) is 11.0. The molecule has 3 N–H and O–H groups in total. The topological polar surface area (TPSA) is 99.6 Å². The van der Waals surface area contributed by atoms with E-state index in [1.54, 1.807) is 0 Å². The molecule has 2 aromatic carbocycles. The van der Waals surface area contributed by atoms with Crippen LogP contribution in [0.4, 0.5) is 0 Å². The fraction of sp³-hybridized carbons (Fsp3) is 0.364. The van der Waals surface area contributed by atoms with Crippen molar-refractivity contribution in [3.8, 4) is 11.6 Å². The number of fused-ring (bicyclic) bond motifs is 1. The fourth-order valence-corrected chi connectivity index (χ4v) is 3.99. The number of aliphatic carboxylic acids is 1. The monoisotopic (exact) mass is 415 g/mol. The Morgan fingerprint density at radius 2 is 1.72 bits per heavy atom. The molecular formula is C22H25NO5S. The summed E-state index contributed by atoms with van der Waals surface area (Å²) in [4.78, 5) is 24.6. The lowest BCUT2D eigenvalue weighted by atomic mass is 10.0. The molecule has 7 heteroatoms. The van der Waals surface area contributed by atoms with Crippen LogP contribution in [0.15, 0.2) is 41.2 Å². The maximum absolute atomic E-state index is 11.3. The van der Waals surface area contributed by atoms with E-state index < -0.39 is 5.97 Å². The van der Waals surface area contributed by atoms with Gasteiger partial charge in [-0.1, -0.05) is 54.9 Å². The number of carbonyl (C=O) groups is 1. The van der Waals surface area contributed by atoms with E-state index in [1.807, 2.05) is 30.3 Å². The Hall–Kier alpha value is -2.80. The first-order valence-electron chi connectivity index (χ1n) is 9.79.